The number of para-hydroxylation sites is 2. The molecule has 0 saturated carbocycles. The second-order valence-electron chi connectivity index (χ2n) is 7.75. The summed E-state index contributed by atoms with van der Waals surface area (Å²) in [5.41, 5.74) is 9.59. The lowest BCUT2D eigenvalue weighted by atomic mass is 10.2. The Morgan fingerprint density at radius 2 is 1.94 bits per heavy atom. The monoisotopic (exact) mass is 432 g/mol. The minimum absolute atomic E-state index is 0.0886. The predicted molar refractivity (Wildman–Crippen MR) is 116 cm³/mol. The Labute approximate surface area is 182 Å². The minimum Gasteiger partial charge on any atom is -0.459 e. The Balaban J connectivity index is 1.51. The van der Waals surface area contributed by atoms with Gasteiger partial charge in [0, 0.05) is 12.7 Å². The van der Waals surface area contributed by atoms with Crippen molar-refractivity contribution in [1.29, 1.82) is 0 Å². The van der Waals surface area contributed by atoms with Gasteiger partial charge in [0.05, 0.1) is 22.8 Å². The van der Waals surface area contributed by atoms with Gasteiger partial charge in [0.15, 0.2) is 17.1 Å². The van der Waals surface area contributed by atoms with Crippen LogP contribution in [0.15, 0.2) is 42.5 Å². The van der Waals surface area contributed by atoms with Crippen LogP contribution in [0.25, 0.3) is 27.9 Å². The molecule has 6 rings (SSSR count). The van der Waals surface area contributed by atoms with E-state index in [4.69, 9.17) is 34.6 Å². The molecule has 0 amide bonds. The first-order valence-corrected chi connectivity index (χ1v) is 10.4. The summed E-state index contributed by atoms with van der Waals surface area (Å²) in [6, 6.07) is 12.9. The molecule has 0 spiro atoms. The van der Waals surface area contributed by atoms with Crippen LogP contribution in [-0.4, -0.2) is 46.6 Å². The molecule has 1 saturated heterocycles. The van der Waals surface area contributed by atoms with Crippen molar-refractivity contribution in [3.05, 3.63) is 48.0 Å². The van der Waals surface area contributed by atoms with Gasteiger partial charge in [-0.3, -0.25) is 4.57 Å². The maximum atomic E-state index is 13.1. The number of carbonyl (C=O) groups excluding carboxylic acids is 1. The molecule has 9 nitrogen and oxygen atoms in total. The third-order valence-electron chi connectivity index (χ3n) is 5.74. The maximum absolute atomic E-state index is 13.1. The van der Waals surface area contributed by atoms with Gasteiger partial charge in [-0.05, 0) is 37.1 Å². The van der Waals surface area contributed by atoms with Crippen LogP contribution < -0.4 is 15.2 Å². The van der Waals surface area contributed by atoms with Crippen LogP contribution >= 0.6 is 0 Å². The molecule has 0 aliphatic carbocycles. The predicted octanol–water partition coefficient (Wildman–Crippen LogP) is 3.22. The number of anilines is 1. The Morgan fingerprint density at radius 3 is 2.75 bits per heavy atom. The molecule has 2 aromatic heterocycles. The molecular formula is C23H20N4O5. The topological polar surface area (TPSA) is 111 Å². The summed E-state index contributed by atoms with van der Waals surface area (Å²) in [6.45, 7) is 1.02. The number of benzene rings is 2. The van der Waals surface area contributed by atoms with Gasteiger partial charge in [-0.2, -0.15) is 0 Å². The fourth-order valence-electron chi connectivity index (χ4n) is 4.17. The number of hydrogen-bond donors (Lipinski definition) is 1. The van der Waals surface area contributed by atoms with Crippen LogP contribution in [0.5, 0.6) is 11.5 Å². The molecule has 1 atom stereocenters. The zero-order chi connectivity index (χ0) is 21.7. The number of nitrogens with two attached hydrogens (primary N) is 1. The Hall–Kier alpha value is -3.85. The van der Waals surface area contributed by atoms with Gasteiger partial charge in [0.2, 0.25) is 6.79 Å². The lowest BCUT2D eigenvalue weighted by molar-refractivity contribution is 0.0163. The second-order valence-corrected chi connectivity index (χ2v) is 7.75. The first-order chi connectivity index (χ1) is 15.7. The highest BCUT2D eigenvalue weighted by molar-refractivity contribution is 6.09. The van der Waals surface area contributed by atoms with Crippen molar-refractivity contribution in [2.24, 2.45) is 0 Å². The number of nitrogen functional groups attached to an aromatic ring is 1. The van der Waals surface area contributed by atoms with Gasteiger partial charge < -0.3 is 24.7 Å². The Kier molecular flexibility index (Phi) is 4.36. The summed E-state index contributed by atoms with van der Waals surface area (Å²) in [4.78, 5) is 22.6. The van der Waals surface area contributed by atoms with Crippen molar-refractivity contribution < 1.29 is 23.7 Å². The van der Waals surface area contributed by atoms with E-state index in [1.165, 1.54) is 0 Å². The maximum Gasteiger partial charge on any atom is 0.344 e. The fourth-order valence-corrected chi connectivity index (χ4v) is 4.17. The lowest BCUT2D eigenvalue weighted by Crippen LogP contribution is -2.18. The van der Waals surface area contributed by atoms with E-state index < -0.39 is 5.97 Å². The van der Waals surface area contributed by atoms with Gasteiger partial charge in [0.25, 0.3) is 0 Å². The highest BCUT2D eigenvalue weighted by atomic mass is 16.7. The van der Waals surface area contributed by atoms with Crippen molar-refractivity contribution in [3.63, 3.8) is 0 Å². The summed E-state index contributed by atoms with van der Waals surface area (Å²) < 4.78 is 23.8. The molecule has 2 aliphatic heterocycles. The van der Waals surface area contributed by atoms with E-state index in [9.17, 15) is 4.79 Å². The summed E-state index contributed by atoms with van der Waals surface area (Å²) in [5.74, 6) is 0.898. The average molecular weight is 432 g/mol. The molecule has 4 aromatic rings. The van der Waals surface area contributed by atoms with Crippen LogP contribution in [0.2, 0.25) is 0 Å². The third kappa shape index (κ3) is 3.01. The summed E-state index contributed by atoms with van der Waals surface area (Å²) in [5, 5.41) is 0. The molecule has 32 heavy (non-hydrogen) atoms. The van der Waals surface area contributed by atoms with Crippen LogP contribution in [-0.2, 0) is 9.47 Å². The standard InChI is InChI=1S/C23H20N4O5/c24-21-19(23(28)30-11-14-4-3-9-29-14)20-22(26-16-6-2-1-5-15(16)25-20)27(21)13-7-8-17-18(10-13)32-12-31-17/h1-2,5-8,10,14H,3-4,9,11-12,24H2/t14-/m0/s1. The van der Waals surface area contributed by atoms with E-state index in [-0.39, 0.29) is 30.9 Å². The van der Waals surface area contributed by atoms with E-state index in [1.807, 2.05) is 30.3 Å². The van der Waals surface area contributed by atoms with Gasteiger partial charge in [-0.15, -0.1) is 0 Å². The second kappa shape index (κ2) is 7.38. The molecule has 2 aromatic carbocycles. The largest absolute Gasteiger partial charge is 0.459 e. The number of ether oxygens (including phenoxy) is 4. The lowest BCUT2D eigenvalue weighted by Gasteiger charge is -2.11. The van der Waals surface area contributed by atoms with E-state index in [0.717, 1.165) is 12.8 Å². The molecule has 162 valence electrons. The van der Waals surface area contributed by atoms with E-state index >= 15 is 0 Å². The zero-order valence-corrected chi connectivity index (χ0v) is 17.1. The molecule has 4 heterocycles. The van der Waals surface area contributed by atoms with E-state index in [2.05, 4.69) is 0 Å². The summed E-state index contributed by atoms with van der Waals surface area (Å²) in [7, 11) is 0. The minimum atomic E-state index is -0.549. The van der Waals surface area contributed by atoms with Gasteiger partial charge in [-0.1, -0.05) is 12.1 Å². The van der Waals surface area contributed by atoms with Gasteiger partial charge in [-0.25, -0.2) is 14.8 Å². The number of fused-ring (bicyclic) bond motifs is 3. The fraction of sp³-hybridized carbons (Fsp3) is 0.261. The molecule has 1 fully saturated rings. The SMILES string of the molecule is Nc1c(C(=O)OC[C@@H]2CCCO2)c2nc3ccccc3nc2n1-c1ccc2c(c1)OCO2. The van der Waals surface area contributed by atoms with Crippen molar-refractivity contribution in [1.82, 2.24) is 14.5 Å². The van der Waals surface area contributed by atoms with Crippen molar-refractivity contribution in [3.8, 4) is 17.2 Å². The van der Waals surface area contributed by atoms with E-state index in [1.54, 1.807) is 16.7 Å². The first kappa shape index (κ1) is 18.9. The van der Waals surface area contributed by atoms with E-state index in [0.29, 0.717) is 46.0 Å². The van der Waals surface area contributed by atoms with Crippen LogP contribution in [0.1, 0.15) is 23.2 Å². The Morgan fingerprint density at radius 1 is 1.12 bits per heavy atom. The molecular weight excluding hydrogens is 412 g/mol. The summed E-state index contributed by atoms with van der Waals surface area (Å²) in [6.07, 6.45) is 1.74. The number of esters is 1. The molecule has 0 radical (unpaired) electrons. The first-order valence-electron chi connectivity index (χ1n) is 10.4. The Bertz CT molecular complexity index is 1360. The molecule has 0 bridgehead atoms. The molecule has 0 unspecified atom stereocenters. The zero-order valence-electron chi connectivity index (χ0n) is 17.1. The van der Waals surface area contributed by atoms with Crippen molar-refractivity contribution >= 4 is 34.0 Å². The van der Waals surface area contributed by atoms with Crippen molar-refractivity contribution in [2.45, 2.75) is 18.9 Å². The highest BCUT2D eigenvalue weighted by Gasteiger charge is 2.28. The molecule has 2 aliphatic rings. The van der Waals surface area contributed by atoms with Crippen molar-refractivity contribution in [2.75, 3.05) is 25.7 Å². The van der Waals surface area contributed by atoms with Crippen LogP contribution in [0, 0.1) is 0 Å². The highest BCUT2D eigenvalue weighted by Crippen LogP contribution is 2.37. The number of nitrogens with zero attached hydrogens (tertiary/aromatic N) is 3. The number of hydrogen-bond acceptors (Lipinski definition) is 8. The smallest absolute Gasteiger partial charge is 0.344 e. The molecule has 2 N–H and O–H groups in total. The van der Waals surface area contributed by atoms with Crippen LogP contribution in [0.4, 0.5) is 5.82 Å². The summed E-state index contributed by atoms with van der Waals surface area (Å²) >= 11 is 0. The van der Waals surface area contributed by atoms with Gasteiger partial charge >= 0.3 is 5.97 Å². The average Bonchev–Trinajstić information content (AvgIpc) is 3.54. The number of carbonyl (C=O) groups is 1. The third-order valence-corrected chi connectivity index (χ3v) is 5.74. The quantitative estimate of drug-likeness (QED) is 0.490. The number of aromatic nitrogens is 3. The van der Waals surface area contributed by atoms with Gasteiger partial charge in [0.1, 0.15) is 23.5 Å². The number of rotatable bonds is 4. The normalized spacial score (nSPS) is 17.3. The molecule has 9 heteroatoms. The van der Waals surface area contributed by atoms with Crippen LogP contribution in [0.3, 0.4) is 0 Å².